The van der Waals surface area contributed by atoms with Crippen LogP contribution < -0.4 is 14.4 Å². The molecule has 2 amide bonds. The normalized spacial score (nSPS) is 24.6. The highest BCUT2D eigenvalue weighted by atomic mass is 16.5. The summed E-state index contributed by atoms with van der Waals surface area (Å²) in [5.41, 5.74) is 2.82. The van der Waals surface area contributed by atoms with E-state index >= 15 is 0 Å². The van der Waals surface area contributed by atoms with Crippen LogP contribution in [-0.4, -0.2) is 66.7 Å². The number of para-hydroxylation sites is 1. The molecule has 9 heteroatoms. The van der Waals surface area contributed by atoms with Crippen LogP contribution in [-0.2, 0) is 19.1 Å². The molecule has 1 N–H and O–H groups in total. The lowest BCUT2D eigenvalue weighted by molar-refractivity contribution is -0.149. The Labute approximate surface area is 235 Å². The van der Waals surface area contributed by atoms with Gasteiger partial charge in [0.25, 0.3) is 5.91 Å². The van der Waals surface area contributed by atoms with Crippen molar-refractivity contribution in [1.29, 1.82) is 0 Å². The van der Waals surface area contributed by atoms with Crippen molar-refractivity contribution in [3.63, 3.8) is 0 Å². The van der Waals surface area contributed by atoms with Gasteiger partial charge < -0.3 is 24.2 Å². The lowest BCUT2D eigenvalue weighted by Crippen LogP contribution is -2.56. The molecule has 1 saturated heterocycles. The van der Waals surface area contributed by atoms with Crippen LogP contribution in [0.15, 0.2) is 36.4 Å². The first-order chi connectivity index (χ1) is 19.0. The van der Waals surface area contributed by atoms with E-state index in [1.807, 2.05) is 43.3 Å². The van der Waals surface area contributed by atoms with Gasteiger partial charge in [-0.3, -0.25) is 19.3 Å². The highest BCUT2D eigenvalue weighted by Gasteiger charge is 2.48. The molecular formula is C31H38N2O7. The molecule has 3 aliphatic rings. The maximum atomic E-state index is 14.4. The maximum Gasteiger partial charge on any atom is 0.308 e. The minimum atomic E-state index is -1.09. The number of benzene rings is 2. The third-order valence-electron chi connectivity index (χ3n) is 8.20. The number of hydrogen-bond acceptors (Lipinski definition) is 6. The number of anilines is 1. The fourth-order valence-electron chi connectivity index (χ4n) is 6.04. The van der Waals surface area contributed by atoms with Crippen molar-refractivity contribution in [1.82, 2.24) is 4.90 Å². The van der Waals surface area contributed by atoms with E-state index in [0.717, 1.165) is 16.7 Å². The molecule has 2 aromatic rings. The molecule has 3 heterocycles. The van der Waals surface area contributed by atoms with Crippen LogP contribution in [0.1, 0.15) is 62.8 Å². The van der Waals surface area contributed by atoms with Crippen LogP contribution in [0.2, 0.25) is 0 Å². The number of carboxylic acids is 1. The van der Waals surface area contributed by atoms with Crippen molar-refractivity contribution in [2.24, 2.45) is 11.3 Å². The van der Waals surface area contributed by atoms with Gasteiger partial charge in [0.2, 0.25) is 5.91 Å². The van der Waals surface area contributed by atoms with E-state index in [1.165, 1.54) is 0 Å². The van der Waals surface area contributed by atoms with Gasteiger partial charge in [-0.25, -0.2) is 0 Å². The van der Waals surface area contributed by atoms with Crippen LogP contribution >= 0.6 is 0 Å². The molecule has 2 aromatic carbocycles. The Bertz CT molecular complexity index is 1320. The largest absolute Gasteiger partial charge is 0.496 e. The summed E-state index contributed by atoms with van der Waals surface area (Å²) >= 11 is 0. The second-order valence-corrected chi connectivity index (χ2v) is 12.1. The van der Waals surface area contributed by atoms with Gasteiger partial charge in [-0.15, -0.1) is 0 Å². The number of rotatable bonds is 5. The lowest BCUT2D eigenvalue weighted by Gasteiger charge is -2.44. The lowest BCUT2D eigenvalue weighted by atomic mass is 9.84. The second kappa shape index (κ2) is 10.8. The van der Waals surface area contributed by atoms with Gasteiger partial charge in [0, 0.05) is 24.2 Å². The van der Waals surface area contributed by atoms with E-state index in [9.17, 15) is 19.5 Å². The average molecular weight is 551 g/mol. The zero-order valence-corrected chi connectivity index (χ0v) is 23.8. The quantitative estimate of drug-likeness (QED) is 0.590. The van der Waals surface area contributed by atoms with Crippen molar-refractivity contribution in [2.45, 2.75) is 65.2 Å². The third-order valence-corrected chi connectivity index (χ3v) is 8.20. The number of carboxylic acid groups (broad SMARTS) is 1. The van der Waals surface area contributed by atoms with Gasteiger partial charge in [-0.1, -0.05) is 45.0 Å². The van der Waals surface area contributed by atoms with Gasteiger partial charge in [-0.2, -0.15) is 0 Å². The predicted molar refractivity (Wildman–Crippen MR) is 149 cm³/mol. The summed E-state index contributed by atoms with van der Waals surface area (Å²) < 4.78 is 18.6. The average Bonchev–Trinajstić information content (AvgIpc) is 3.03. The summed E-state index contributed by atoms with van der Waals surface area (Å²) in [4.78, 5) is 43.0. The fourth-order valence-corrected chi connectivity index (χ4v) is 6.04. The number of likely N-dealkylation sites (tertiary alicyclic amines) is 1. The van der Waals surface area contributed by atoms with Crippen molar-refractivity contribution in [2.75, 3.05) is 31.7 Å². The zero-order valence-electron chi connectivity index (χ0n) is 23.8. The molecule has 214 valence electrons. The van der Waals surface area contributed by atoms with Crippen molar-refractivity contribution in [3.8, 4) is 11.5 Å². The molecule has 0 spiro atoms. The maximum absolute atomic E-state index is 14.4. The number of hydrogen-bond donors (Lipinski definition) is 1. The van der Waals surface area contributed by atoms with E-state index in [2.05, 4.69) is 20.8 Å². The van der Waals surface area contributed by atoms with E-state index in [-0.39, 0.29) is 36.2 Å². The van der Waals surface area contributed by atoms with Gasteiger partial charge in [0.1, 0.15) is 30.3 Å². The zero-order chi connectivity index (χ0) is 28.8. The van der Waals surface area contributed by atoms with Crippen LogP contribution in [0.3, 0.4) is 0 Å². The monoisotopic (exact) mass is 550 g/mol. The summed E-state index contributed by atoms with van der Waals surface area (Å²) in [7, 11) is 1.59. The number of carbonyl (C=O) groups excluding carboxylic acids is 2. The number of carbonyl (C=O) groups is 3. The molecule has 0 saturated carbocycles. The molecule has 1 fully saturated rings. The third kappa shape index (κ3) is 5.14. The Hall–Kier alpha value is -3.59. The highest BCUT2D eigenvalue weighted by Crippen LogP contribution is 2.50. The summed E-state index contributed by atoms with van der Waals surface area (Å²) in [5, 5.41) is 9.53. The minimum Gasteiger partial charge on any atom is -0.496 e. The first kappa shape index (κ1) is 28.0. The molecule has 5 rings (SSSR count). The van der Waals surface area contributed by atoms with E-state index in [4.69, 9.17) is 14.2 Å². The smallest absolute Gasteiger partial charge is 0.308 e. The first-order valence-electron chi connectivity index (χ1n) is 13.9. The summed E-state index contributed by atoms with van der Waals surface area (Å²) in [5.74, 6) is -0.879. The molecule has 9 nitrogen and oxygen atoms in total. The topological polar surface area (TPSA) is 106 Å². The number of nitrogens with zero attached hydrogens (tertiary/aromatic N) is 2. The molecule has 4 atom stereocenters. The number of ether oxygens (including phenoxy) is 3. The molecule has 0 radical (unpaired) electrons. The van der Waals surface area contributed by atoms with Crippen LogP contribution in [0.25, 0.3) is 0 Å². The minimum absolute atomic E-state index is 0.136. The van der Waals surface area contributed by atoms with Gasteiger partial charge in [0.15, 0.2) is 0 Å². The Kier molecular flexibility index (Phi) is 7.52. The Balaban J connectivity index is 1.61. The predicted octanol–water partition coefficient (Wildman–Crippen LogP) is 4.35. The number of methoxy groups -OCH3 is 1. The number of piperidine rings is 1. The Morgan fingerprint density at radius 2 is 1.90 bits per heavy atom. The molecular weight excluding hydrogens is 512 g/mol. The van der Waals surface area contributed by atoms with E-state index in [1.54, 1.807) is 16.9 Å². The number of aryl methyl sites for hydroxylation is 1. The van der Waals surface area contributed by atoms with Gasteiger partial charge >= 0.3 is 5.97 Å². The van der Waals surface area contributed by atoms with Crippen molar-refractivity contribution < 1.29 is 33.7 Å². The van der Waals surface area contributed by atoms with Crippen LogP contribution in [0, 0.1) is 18.3 Å². The van der Waals surface area contributed by atoms with Gasteiger partial charge in [0.05, 0.1) is 31.2 Å². The Morgan fingerprint density at radius 1 is 1.15 bits per heavy atom. The van der Waals surface area contributed by atoms with Crippen molar-refractivity contribution in [3.05, 3.63) is 53.1 Å². The molecule has 1 unspecified atom stereocenters. The first-order valence-corrected chi connectivity index (χ1v) is 13.9. The van der Waals surface area contributed by atoms with Crippen LogP contribution in [0.4, 0.5) is 5.69 Å². The number of aliphatic carboxylic acids is 1. The molecule has 0 aromatic heterocycles. The summed E-state index contributed by atoms with van der Waals surface area (Å²) in [6.45, 7) is 9.09. The highest BCUT2D eigenvalue weighted by molar-refractivity contribution is 6.02. The fraction of sp³-hybridized carbons (Fsp3) is 0.516. The molecule has 3 aliphatic heterocycles. The summed E-state index contributed by atoms with van der Waals surface area (Å²) in [6.07, 6.45) is -0.835. The molecule has 0 bridgehead atoms. The van der Waals surface area contributed by atoms with E-state index < -0.39 is 24.1 Å². The van der Waals surface area contributed by atoms with E-state index in [0.29, 0.717) is 43.2 Å². The molecule has 40 heavy (non-hydrogen) atoms. The second-order valence-electron chi connectivity index (χ2n) is 12.1. The van der Waals surface area contributed by atoms with Crippen LogP contribution in [0.5, 0.6) is 11.5 Å². The summed E-state index contributed by atoms with van der Waals surface area (Å²) in [6, 6.07) is 11.2. The number of amides is 2. The SMILES string of the molecule is COc1ccccc1[C@H]1O[C@H](CC(=O)N2CCCC(C(=O)O)C2)C(=O)N2c3c(cc(C)cc31)OC[C@H]2C(C)(C)C. The van der Waals surface area contributed by atoms with Gasteiger partial charge in [-0.05, 0) is 42.9 Å². The Morgan fingerprint density at radius 3 is 2.60 bits per heavy atom. The molecule has 0 aliphatic carbocycles. The van der Waals surface area contributed by atoms with Crippen molar-refractivity contribution >= 4 is 23.5 Å². The standard InChI is InChI=1S/C31H38N2O7/c1-18-13-21-27-23(14-18)39-17-25(31(2,3)4)33(27)29(35)24(40-28(21)20-10-6-7-11-22(20)38-5)15-26(34)32-12-8-9-19(16-32)30(36)37/h6-7,10-11,13-14,19,24-25,28H,8-9,12,15-17H2,1-5H3,(H,36,37)/t19?,24-,25+,28-/m1/s1.